The van der Waals surface area contributed by atoms with Crippen molar-refractivity contribution in [3.05, 3.63) is 59.2 Å². The van der Waals surface area contributed by atoms with Crippen LogP contribution in [0.2, 0.25) is 0 Å². The largest absolute Gasteiger partial charge is 0.493 e. The Morgan fingerprint density at radius 2 is 1.30 bits per heavy atom. The summed E-state index contributed by atoms with van der Waals surface area (Å²) in [5.41, 5.74) is 2.73. The summed E-state index contributed by atoms with van der Waals surface area (Å²) in [5.74, 6) is 4.04. The number of nitrogens with zero attached hydrogens (tertiary/aromatic N) is 4. The van der Waals surface area contributed by atoms with Gasteiger partial charge in [-0.05, 0) is 49.7 Å². The molecule has 2 aromatic carbocycles. The van der Waals surface area contributed by atoms with Crippen LogP contribution in [0.15, 0.2) is 41.5 Å². The van der Waals surface area contributed by atoms with Crippen LogP contribution in [0.5, 0.6) is 23.0 Å². The van der Waals surface area contributed by atoms with Gasteiger partial charge in [0.2, 0.25) is 0 Å². The van der Waals surface area contributed by atoms with Crippen molar-refractivity contribution < 1.29 is 18.9 Å². The van der Waals surface area contributed by atoms with Gasteiger partial charge in [-0.25, -0.2) is 4.68 Å². The fourth-order valence-electron chi connectivity index (χ4n) is 3.12. The third-order valence-electron chi connectivity index (χ3n) is 4.71. The number of methoxy groups -OCH3 is 4. The van der Waals surface area contributed by atoms with Gasteiger partial charge in [0.05, 0.1) is 34.2 Å². The lowest BCUT2D eigenvalue weighted by Gasteiger charge is -2.14. The summed E-state index contributed by atoms with van der Waals surface area (Å²) < 4.78 is 23.4. The zero-order chi connectivity index (χ0) is 21.7. The van der Waals surface area contributed by atoms with Gasteiger partial charge in [0, 0.05) is 12.0 Å². The fourth-order valence-corrected chi connectivity index (χ4v) is 3.12. The Morgan fingerprint density at radius 3 is 1.87 bits per heavy atom. The van der Waals surface area contributed by atoms with E-state index in [2.05, 4.69) is 10.2 Å². The highest BCUT2D eigenvalue weighted by molar-refractivity contribution is 6.02. The highest BCUT2D eigenvalue weighted by atomic mass is 16.5. The third kappa shape index (κ3) is 4.37. The van der Waals surface area contributed by atoms with Gasteiger partial charge in [-0.3, -0.25) is 0 Å². The van der Waals surface area contributed by atoms with E-state index in [-0.39, 0.29) is 0 Å². The quantitative estimate of drug-likeness (QED) is 0.530. The van der Waals surface area contributed by atoms with Gasteiger partial charge in [-0.1, -0.05) is 6.07 Å². The second-order valence-corrected chi connectivity index (χ2v) is 6.59. The van der Waals surface area contributed by atoms with Crippen molar-refractivity contribution in [1.82, 2.24) is 14.9 Å². The van der Waals surface area contributed by atoms with Crippen molar-refractivity contribution in [3.63, 3.8) is 0 Å². The maximum atomic E-state index is 5.48. The van der Waals surface area contributed by atoms with E-state index in [0.717, 1.165) is 16.8 Å². The van der Waals surface area contributed by atoms with Crippen LogP contribution in [-0.4, -0.2) is 49.0 Å². The van der Waals surface area contributed by atoms with Crippen LogP contribution in [-0.2, 0) is 6.42 Å². The fraction of sp³-hybridized carbons (Fsp3) is 0.318. The minimum atomic E-state index is 0.549. The summed E-state index contributed by atoms with van der Waals surface area (Å²) >= 11 is 0. The second kappa shape index (κ2) is 9.30. The van der Waals surface area contributed by atoms with Gasteiger partial charge in [0.25, 0.3) is 0 Å². The number of aryl methyl sites for hydroxylation is 2. The molecule has 1 heterocycles. The minimum absolute atomic E-state index is 0.549. The van der Waals surface area contributed by atoms with Gasteiger partial charge >= 0.3 is 0 Å². The highest BCUT2D eigenvalue weighted by Gasteiger charge is 2.14. The van der Waals surface area contributed by atoms with E-state index in [1.54, 1.807) is 33.1 Å². The number of hydrogen-bond acceptors (Lipinski definition) is 7. The Labute approximate surface area is 176 Å². The molecule has 0 fully saturated rings. The molecule has 0 saturated heterocycles. The van der Waals surface area contributed by atoms with Gasteiger partial charge in [-0.15, -0.1) is 10.2 Å². The number of hydrogen-bond donors (Lipinski definition) is 0. The van der Waals surface area contributed by atoms with Crippen LogP contribution in [0.25, 0.3) is 0 Å². The van der Waals surface area contributed by atoms with E-state index in [9.17, 15) is 0 Å². The van der Waals surface area contributed by atoms with Crippen molar-refractivity contribution in [1.29, 1.82) is 0 Å². The predicted molar refractivity (Wildman–Crippen MR) is 114 cm³/mol. The molecule has 30 heavy (non-hydrogen) atoms. The Bertz CT molecular complexity index is 1040. The van der Waals surface area contributed by atoms with Crippen LogP contribution >= 0.6 is 0 Å². The number of rotatable bonds is 8. The molecule has 0 aliphatic heterocycles. The van der Waals surface area contributed by atoms with E-state index in [1.165, 1.54) is 0 Å². The first kappa shape index (κ1) is 21.2. The summed E-state index contributed by atoms with van der Waals surface area (Å²) in [7, 11) is 6.46. The monoisotopic (exact) mass is 410 g/mol. The topological polar surface area (TPSA) is 80.0 Å². The highest BCUT2D eigenvalue weighted by Crippen LogP contribution is 2.30. The summed E-state index contributed by atoms with van der Waals surface area (Å²) in [4.78, 5) is 0. The van der Waals surface area contributed by atoms with E-state index in [4.69, 9.17) is 24.0 Å². The molecule has 0 saturated carbocycles. The molecule has 0 radical (unpaired) electrons. The molecule has 0 aliphatic rings. The van der Waals surface area contributed by atoms with Crippen molar-refractivity contribution in [2.24, 2.45) is 5.10 Å². The lowest BCUT2D eigenvalue weighted by atomic mass is 10.0. The van der Waals surface area contributed by atoms with Crippen molar-refractivity contribution in [2.75, 3.05) is 28.4 Å². The molecule has 3 aromatic rings. The molecular weight excluding hydrogens is 384 g/mol. The third-order valence-corrected chi connectivity index (χ3v) is 4.71. The summed E-state index contributed by atoms with van der Waals surface area (Å²) in [6.07, 6.45) is 0.549. The Kier molecular flexibility index (Phi) is 6.56. The minimum Gasteiger partial charge on any atom is -0.493 e. The Hall–Kier alpha value is -3.55. The van der Waals surface area contributed by atoms with Crippen molar-refractivity contribution >= 4 is 5.71 Å². The molecule has 8 heteroatoms. The predicted octanol–water partition coefficient (Wildman–Crippen LogP) is 3.42. The zero-order valence-corrected chi connectivity index (χ0v) is 18.1. The molecule has 3 rings (SSSR count). The lowest BCUT2D eigenvalue weighted by Crippen LogP contribution is -2.10. The standard InChI is InChI=1S/C22H26N4O4/c1-14-23-24-15(2)26(14)25-18(17-8-10-20(28-4)22(13-17)30-6)11-16-7-9-19(27-3)21(12-16)29-5/h7-10,12-13H,11H2,1-6H3/b25-18+. The van der Waals surface area contributed by atoms with Gasteiger partial charge in [0.15, 0.2) is 34.6 Å². The maximum Gasteiger partial charge on any atom is 0.161 e. The van der Waals surface area contributed by atoms with Gasteiger partial charge in [-0.2, -0.15) is 5.10 Å². The van der Waals surface area contributed by atoms with Gasteiger partial charge in [0.1, 0.15) is 0 Å². The number of aromatic nitrogens is 3. The van der Waals surface area contributed by atoms with Crippen LogP contribution in [0.3, 0.4) is 0 Å². The zero-order valence-electron chi connectivity index (χ0n) is 18.1. The van der Waals surface area contributed by atoms with Crippen LogP contribution < -0.4 is 18.9 Å². The molecule has 0 spiro atoms. The molecule has 0 atom stereocenters. The van der Waals surface area contributed by atoms with Crippen molar-refractivity contribution in [2.45, 2.75) is 20.3 Å². The van der Waals surface area contributed by atoms with Crippen LogP contribution in [0.4, 0.5) is 0 Å². The number of ether oxygens (including phenoxy) is 4. The lowest BCUT2D eigenvalue weighted by molar-refractivity contribution is 0.354. The van der Waals surface area contributed by atoms with E-state index < -0.39 is 0 Å². The molecule has 0 unspecified atom stereocenters. The molecular formula is C22H26N4O4. The Morgan fingerprint density at radius 1 is 0.767 bits per heavy atom. The molecule has 0 bridgehead atoms. The van der Waals surface area contributed by atoms with Gasteiger partial charge < -0.3 is 18.9 Å². The normalized spacial score (nSPS) is 11.3. The first-order chi connectivity index (χ1) is 14.5. The van der Waals surface area contributed by atoms with E-state index in [1.807, 2.05) is 50.2 Å². The molecule has 0 aliphatic carbocycles. The summed E-state index contributed by atoms with van der Waals surface area (Å²) in [6.45, 7) is 3.73. The molecule has 1 aromatic heterocycles. The SMILES string of the molecule is COc1ccc(C/C(=N\n2c(C)nnc2C)c2ccc(OC)c(OC)c2)cc1OC. The van der Waals surface area contributed by atoms with Crippen LogP contribution in [0, 0.1) is 13.8 Å². The Balaban J connectivity index is 2.09. The molecule has 8 nitrogen and oxygen atoms in total. The summed E-state index contributed by atoms with van der Waals surface area (Å²) in [6, 6.07) is 11.5. The summed E-state index contributed by atoms with van der Waals surface area (Å²) in [5, 5.41) is 13.1. The first-order valence-electron chi connectivity index (χ1n) is 9.40. The average molecular weight is 410 g/mol. The maximum absolute atomic E-state index is 5.48. The van der Waals surface area contributed by atoms with Crippen molar-refractivity contribution in [3.8, 4) is 23.0 Å². The number of benzene rings is 2. The molecule has 158 valence electrons. The molecule has 0 N–H and O–H groups in total. The van der Waals surface area contributed by atoms with Crippen LogP contribution in [0.1, 0.15) is 22.8 Å². The first-order valence-corrected chi connectivity index (χ1v) is 9.40. The van der Waals surface area contributed by atoms with E-state index in [0.29, 0.717) is 41.1 Å². The average Bonchev–Trinajstić information content (AvgIpc) is 3.09. The second-order valence-electron chi connectivity index (χ2n) is 6.59. The van der Waals surface area contributed by atoms with E-state index >= 15 is 0 Å². The molecule has 0 amide bonds. The smallest absolute Gasteiger partial charge is 0.161 e.